The Morgan fingerprint density at radius 3 is 2.57 bits per heavy atom. The van der Waals surface area contributed by atoms with E-state index in [0.717, 1.165) is 27.7 Å². The minimum absolute atomic E-state index is 0.114. The van der Waals surface area contributed by atoms with E-state index in [9.17, 15) is 0 Å². The zero-order valence-electron chi connectivity index (χ0n) is 24.2. The zero-order chi connectivity index (χ0) is 27.9. The van der Waals surface area contributed by atoms with E-state index in [2.05, 4.69) is 22.3 Å². The molecule has 1 unspecified atom stereocenters. The maximum Gasteiger partial charge on any atom is 0.163 e. The minimum Gasteiger partial charge on any atom is -0.487 e. The Bertz CT molecular complexity index is 1290. The van der Waals surface area contributed by atoms with E-state index in [1.165, 1.54) is 0 Å². The first kappa shape index (κ1) is 26.7. The van der Waals surface area contributed by atoms with Crippen molar-refractivity contribution in [1.82, 2.24) is 9.97 Å². The molecule has 3 aromatic rings. The van der Waals surface area contributed by atoms with Gasteiger partial charge in [0.15, 0.2) is 11.5 Å². The van der Waals surface area contributed by atoms with Crippen molar-refractivity contribution < 1.29 is 20.3 Å². The Morgan fingerprint density at radius 2 is 1.86 bits per heavy atom. The SMILES string of the molecule is [2H]C#Cc1ccc(C)c(N(C)c2ncnc3cc(OC(C)COC(C)C)c(OCCOC(C)(C)C)cc23)c1. The molecule has 3 rings (SSSR count). The van der Waals surface area contributed by atoms with Gasteiger partial charge in [0, 0.05) is 29.8 Å². The van der Waals surface area contributed by atoms with Crippen LogP contribution in [-0.2, 0) is 9.47 Å². The van der Waals surface area contributed by atoms with E-state index in [1.54, 1.807) is 6.33 Å². The van der Waals surface area contributed by atoms with Gasteiger partial charge in [-0.15, -0.1) is 6.40 Å². The molecule has 2 aromatic carbocycles. The van der Waals surface area contributed by atoms with Crippen LogP contribution in [0, 0.1) is 19.2 Å². The van der Waals surface area contributed by atoms with Gasteiger partial charge in [-0.25, -0.2) is 9.97 Å². The van der Waals surface area contributed by atoms with Gasteiger partial charge in [-0.05, 0) is 72.2 Å². The molecular formula is C30H39N3O4. The van der Waals surface area contributed by atoms with Crippen LogP contribution in [0.3, 0.4) is 0 Å². The van der Waals surface area contributed by atoms with Crippen LogP contribution < -0.4 is 14.4 Å². The molecular weight excluding hydrogens is 466 g/mol. The van der Waals surface area contributed by atoms with Crippen molar-refractivity contribution in [1.29, 1.82) is 0 Å². The van der Waals surface area contributed by atoms with Gasteiger partial charge in [-0.1, -0.05) is 12.0 Å². The number of nitrogens with zero attached hydrogens (tertiary/aromatic N) is 3. The average Bonchev–Trinajstić information content (AvgIpc) is 2.85. The Hall–Kier alpha value is -3.34. The monoisotopic (exact) mass is 506 g/mol. The predicted molar refractivity (Wildman–Crippen MR) is 149 cm³/mol. The van der Waals surface area contributed by atoms with Crippen LogP contribution >= 0.6 is 0 Å². The molecule has 0 saturated carbocycles. The number of terminal acetylenes is 1. The van der Waals surface area contributed by atoms with E-state index in [4.69, 9.17) is 20.3 Å². The van der Waals surface area contributed by atoms with E-state index >= 15 is 0 Å². The molecule has 0 aliphatic rings. The molecule has 198 valence electrons. The lowest BCUT2D eigenvalue weighted by molar-refractivity contribution is -0.0170. The van der Waals surface area contributed by atoms with Gasteiger partial charge >= 0.3 is 0 Å². The van der Waals surface area contributed by atoms with Gasteiger partial charge in [0.25, 0.3) is 0 Å². The highest BCUT2D eigenvalue weighted by atomic mass is 16.6. The van der Waals surface area contributed by atoms with Crippen molar-refractivity contribution in [3.8, 4) is 23.8 Å². The average molecular weight is 507 g/mol. The van der Waals surface area contributed by atoms with Crippen molar-refractivity contribution in [3.05, 3.63) is 47.8 Å². The summed E-state index contributed by atoms with van der Waals surface area (Å²) < 4.78 is 31.3. The molecule has 37 heavy (non-hydrogen) atoms. The Balaban J connectivity index is 2.01. The van der Waals surface area contributed by atoms with Crippen LogP contribution in [0.1, 0.15) is 54.0 Å². The summed E-state index contributed by atoms with van der Waals surface area (Å²) >= 11 is 0. The van der Waals surface area contributed by atoms with Gasteiger partial charge in [-0.2, -0.15) is 0 Å². The Morgan fingerprint density at radius 1 is 1.08 bits per heavy atom. The molecule has 7 nitrogen and oxygen atoms in total. The fourth-order valence-electron chi connectivity index (χ4n) is 3.76. The number of aryl methyl sites for hydroxylation is 1. The number of benzene rings is 2. The first-order valence-electron chi connectivity index (χ1n) is 13.1. The maximum atomic E-state index is 7.25. The van der Waals surface area contributed by atoms with E-state index in [-0.39, 0.29) is 17.8 Å². The summed E-state index contributed by atoms with van der Waals surface area (Å²) in [4.78, 5) is 11.1. The number of anilines is 2. The molecule has 0 fully saturated rings. The summed E-state index contributed by atoms with van der Waals surface area (Å²) in [7, 11) is 1.95. The summed E-state index contributed by atoms with van der Waals surface area (Å²) in [5.41, 5.74) is 3.24. The molecule has 1 atom stereocenters. The first-order valence-corrected chi connectivity index (χ1v) is 12.6. The van der Waals surface area contributed by atoms with Crippen molar-refractivity contribution >= 4 is 22.4 Å². The highest BCUT2D eigenvalue weighted by Gasteiger charge is 2.19. The molecule has 0 bridgehead atoms. The topological polar surface area (TPSA) is 65.9 Å². The molecule has 0 N–H and O–H groups in total. The fourth-order valence-corrected chi connectivity index (χ4v) is 3.76. The number of rotatable bonds is 11. The van der Waals surface area contributed by atoms with Gasteiger partial charge in [0.2, 0.25) is 0 Å². The normalized spacial score (nSPS) is 12.6. The smallest absolute Gasteiger partial charge is 0.163 e. The van der Waals surface area contributed by atoms with Crippen molar-refractivity contribution in [2.45, 2.75) is 66.3 Å². The lowest BCUT2D eigenvalue weighted by Crippen LogP contribution is -2.23. The third-order valence-corrected chi connectivity index (χ3v) is 5.58. The van der Waals surface area contributed by atoms with Crippen molar-refractivity contribution in [3.63, 3.8) is 0 Å². The molecule has 0 radical (unpaired) electrons. The number of ether oxygens (including phenoxy) is 4. The molecule has 1 aromatic heterocycles. The maximum absolute atomic E-state index is 7.25. The van der Waals surface area contributed by atoms with Crippen LogP contribution in [-0.4, -0.2) is 54.6 Å². The molecule has 0 saturated heterocycles. The highest BCUT2D eigenvalue weighted by molar-refractivity contribution is 5.94. The van der Waals surface area contributed by atoms with Crippen LogP contribution in [0.5, 0.6) is 11.5 Å². The number of hydrogen-bond acceptors (Lipinski definition) is 7. The second-order valence-electron chi connectivity index (χ2n) is 10.3. The summed E-state index contributed by atoms with van der Waals surface area (Å²) in [5, 5.41) is 0.816. The van der Waals surface area contributed by atoms with Crippen molar-refractivity contribution in [2.75, 3.05) is 31.8 Å². The third-order valence-electron chi connectivity index (χ3n) is 5.58. The minimum atomic E-state index is -0.255. The van der Waals surface area contributed by atoms with Gasteiger partial charge in [0.1, 0.15) is 26.2 Å². The van der Waals surface area contributed by atoms with Gasteiger partial charge < -0.3 is 23.8 Å². The Kier molecular flexibility index (Phi) is 8.86. The summed E-state index contributed by atoms with van der Waals surface area (Å²) in [6, 6.07) is 9.66. The lowest BCUT2D eigenvalue weighted by Gasteiger charge is -2.24. The number of aromatic nitrogens is 2. The highest BCUT2D eigenvalue weighted by Crippen LogP contribution is 2.38. The van der Waals surface area contributed by atoms with Gasteiger partial charge in [0.05, 0.1) is 30.4 Å². The van der Waals surface area contributed by atoms with Gasteiger partial charge in [-0.3, -0.25) is 0 Å². The summed E-state index contributed by atoms with van der Waals surface area (Å²) in [6.45, 7) is 15.3. The molecule has 0 amide bonds. The molecule has 1 heterocycles. The number of hydrogen-bond donors (Lipinski definition) is 0. The molecule has 0 spiro atoms. The van der Waals surface area contributed by atoms with Crippen molar-refractivity contribution in [2.24, 2.45) is 0 Å². The predicted octanol–water partition coefficient (Wildman–Crippen LogP) is 6.07. The van der Waals surface area contributed by atoms with Crippen LogP contribution in [0.2, 0.25) is 0 Å². The second kappa shape index (κ2) is 12.3. The molecule has 0 aliphatic heterocycles. The summed E-state index contributed by atoms with van der Waals surface area (Å²) in [6.07, 6.45) is 3.70. The quantitative estimate of drug-likeness (QED) is 0.231. The van der Waals surface area contributed by atoms with Crippen LogP contribution in [0.4, 0.5) is 11.5 Å². The standard InChI is InChI=1S/C30H39N3O4/c1-10-23-12-11-21(4)26(15-23)33(9)29-24-16-27(34-13-14-36-30(6,7)8)28(17-25(24)31-19-32-29)37-22(5)18-35-20(2)3/h1,11-12,15-17,19-20,22H,13-14,18H2,2-9H3/i1D. The van der Waals surface area contributed by atoms with Crippen LogP contribution in [0.25, 0.3) is 10.9 Å². The van der Waals surface area contributed by atoms with E-state index < -0.39 is 0 Å². The molecule has 0 aliphatic carbocycles. The lowest BCUT2D eigenvalue weighted by atomic mass is 10.1. The summed E-state index contributed by atoms with van der Waals surface area (Å²) in [5.74, 6) is 4.70. The number of fused-ring (bicyclic) bond motifs is 1. The molecule has 7 heteroatoms. The largest absolute Gasteiger partial charge is 0.487 e. The fraction of sp³-hybridized carbons (Fsp3) is 0.467. The third kappa shape index (κ3) is 7.82. The van der Waals surface area contributed by atoms with E-state index in [0.29, 0.717) is 37.1 Å². The second-order valence-corrected chi connectivity index (χ2v) is 10.3. The van der Waals surface area contributed by atoms with Crippen LogP contribution in [0.15, 0.2) is 36.7 Å². The zero-order valence-corrected chi connectivity index (χ0v) is 23.2. The van der Waals surface area contributed by atoms with E-state index in [1.807, 2.05) is 90.7 Å². The first-order chi connectivity index (χ1) is 18.0. The Labute approximate surface area is 222 Å².